The van der Waals surface area contributed by atoms with Crippen molar-refractivity contribution < 1.29 is 19.2 Å². The minimum atomic E-state index is -0.818. The lowest BCUT2D eigenvalue weighted by molar-refractivity contribution is -0.141. The summed E-state index contributed by atoms with van der Waals surface area (Å²) in [7, 11) is 0. The number of amides is 1. The number of aliphatic carboxylic acids is 1. The number of carbonyl (C=O) groups excluding carboxylic acids is 1. The van der Waals surface area contributed by atoms with Crippen LogP contribution >= 0.6 is 0 Å². The second-order valence-corrected chi connectivity index (χ2v) is 5.67. The molecular weight excluding hydrogens is 296 g/mol. The number of anilines is 1. The number of nitrogens with one attached hydrogen (secondary N) is 1. The predicted molar refractivity (Wildman–Crippen MR) is 85.3 cm³/mol. The van der Waals surface area contributed by atoms with E-state index < -0.39 is 11.9 Å². The Kier molecular flexibility index (Phi) is 5.16. The third-order valence-corrected chi connectivity index (χ3v) is 3.72. The molecular formula is C17H20N2O4. The van der Waals surface area contributed by atoms with Gasteiger partial charge in [0.15, 0.2) is 0 Å². The first-order valence-electron chi connectivity index (χ1n) is 7.40. The molecule has 1 heterocycles. The molecule has 2 aromatic rings. The van der Waals surface area contributed by atoms with Crippen LogP contribution in [-0.4, -0.2) is 22.1 Å². The van der Waals surface area contributed by atoms with Crippen LogP contribution in [-0.2, 0) is 22.4 Å². The lowest BCUT2D eigenvalue weighted by atomic mass is 10.0. The van der Waals surface area contributed by atoms with E-state index in [1.54, 1.807) is 32.9 Å². The van der Waals surface area contributed by atoms with E-state index in [9.17, 15) is 9.59 Å². The summed E-state index contributed by atoms with van der Waals surface area (Å²) in [5.41, 5.74) is 3.11. The standard InChI is InChI=1S/C17H20N2O4/c1-10(17(21)22)8-13-4-6-14(7-5-13)18-16(20)9-15-11(2)19-23-12(15)3/h4-7,10H,8-9H2,1-3H3,(H,18,20)(H,21,22). The molecule has 0 aliphatic carbocycles. The quantitative estimate of drug-likeness (QED) is 0.855. The largest absolute Gasteiger partial charge is 0.481 e. The van der Waals surface area contributed by atoms with Gasteiger partial charge in [-0.1, -0.05) is 24.2 Å². The molecule has 2 rings (SSSR count). The first kappa shape index (κ1) is 16.7. The van der Waals surface area contributed by atoms with Crippen molar-refractivity contribution in [2.24, 2.45) is 5.92 Å². The van der Waals surface area contributed by atoms with Crippen molar-refractivity contribution in [1.29, 1.82) is 0 Å². The third-order valence-electron chi connectivity index (χ3n) is 3.72. The van der Waals surface area contributed by atoms with E-state index in [1.165, 1.54) is 0 Å². The molecule has 0 saturated heterocycles. The summed E-state index contributed by atoms with van der Waals surface area (Å²) in [4.78, 5) is 22.9. The van der Waals surface area contributed by atoms with E-state index in [0.29, 0.717) is 17.9 Å². The molecule has 2 N–H and O–H groups in total. The molecule has 1 atom stereocenters. The highest BCUT2D eigenvalue weighted by Gasteiger charge is 2.14. The van der Waals surface area contributed by atoms with E-state index in [4.69, 9.17) is 9.63 Å². The monoisotopic (exact) mass is 316 g/mol. The normalized spacial score (nSPS) is 12.0. The molecule has 6 heteroatoms. The lowest BCUT2D eigenvalue weighted by Crippen LogP contribution is -2.15. The Morgan fingerprint density at radius 2 is 1.91 bits per heavy atom. The van der Waals surface area contributed by atoms with Crippen molar-refractivity contribution in [3.8, 4) is 0 Å². The van der Waals surface area contributed by atoms with Gasteiger partial charge in [-0.2, -0.15) is 0 Å². The molecule has 1 aromatic heterocycles. The molecule has 0 aliphatic heterocycles. The Labute approximate surface area is 134 Å². The molecule has 0 saturated carbocycles. The molecule has 23 heavy (non-hydrogen) atoms. The highest BCUT2D eigenvalue weighted by atomic mass is 16.5. The van der Waals surface area contributed by atoms with E-state index in [-0.39, 0.29) is 12.3 Å². The lowest BCUT2D eigenvalue weighted by Gasteiger charge is -2.08. The van der Waals surface area contributed by atoms with Crippen molar-refractivity contribution in [2.45, 2.75) is 33.6 Å². The van der Waals surface area contributed by atoms with Gasteiger partial charge < -0.3 is 14.9 Å². The number of aryl methyl sites for hydroxylation is 2. The van der Waals surface area contributed by atoms with Crippen LogP contribution in [0.15, 0.2) is 28.8 Å². The molecule has 6 nitrogen and oxygen atoms in total. The summed E-state index contributed by atoms with van der Waals surface area (Å²) in [6.07, 6.45) is 0.668. The van der Waals surface area contributed by atoms with Gasteiger partial charge >= 0.3 is 5.97 Å². The average Bonchev–Trinajstić information content (AvgIpc) is 2.81. The Bertz CT molecular complexity index is 684. The Morgan fingerprint density at radius 3 is 2.43 bits per heavy atom. The fraction of sp³-hybridized carbons (Fsp3) is 0.353. The van der Waals surface area contributed by atoms with Crippen molar-refractivity contribution in [2.75, 3.05) is 5.32 Å². The van der Waals surface area contributed by atoms with Crippen molar-refractivity contribution in [3.63, 3.8) is 0 Å². The summed E-state index contributed by atoms with van der Waals surface area (Å²) >= 11 is 0. The number of hydrogen-bond donors (Lipinski definition) is 2. The Morgan fingerprint density at radius 1 is 1.26 bits per heavy atom. The maximum Gasteiger partial charge on any atom is 0.306 e. The highest BCUT2D eigenvalue weighted by Crippen LogP contribution is 2.16. The van der Waals surface area contributed by atoms with Crippen LogP contribution in [0.4, 0.5) is 5.69 Å². The molecule has 0 spiro atoms. The van der Waals surface area contributed by atoms with Crippen LogP contribution in [0, 0.1) is 19.8 Å². The van der Waals surface area contributed by atoms with Gasteiger partial charge in [-0.05, 0) is 38.0 Å². The number of carboxylic acid groups (broad SMARTS) is 1. The van der Waals surface area contributed by atoms with Crippen LogP contribution < -0.4 is 5.32 Å². The number of benzene rings is 1. The molecule has 1 amide bonds. The van der Waals surface area contributed by atoms with Crippen LogP contribution in [0.3, 0.4) is 0 Å². The number of carbonyl (C=O) groups is 2. The first-order chi connectivity index (χ1) is 10.9. The maximum atomic E-state index is 12.1. The molecule has 1 aromatic carbocycles. The van der Waals surface area contributed by atoms with Crippen molar-refractivity contribution in [3.05, 3.63) is 46.8 Å². The Balaban J connectivity index is 1.95. The van der Waals surface area contributed by atoms with Gasteiger partial charge in [0.25, 0.3) is 0 Å². The van der Waals surface area contributed by atoms with E-state index in [0.717, 1.165) is 16.8 Å². The number of hydrogen-bond acceptors (Lipinski definition) is 4. The van der Waals surface area contributed by atoms with Gasteiger partial charge in [0, 0.05) is 11.3 Å². The topological polar surface area (TPSA) is 92.4 Å². The molecule has 0 radical (unpaired) electrons. The van der Waals surface area contributed by atoms with Crippen LogP contribution in [0.25, 0.3) is 0 Å². The van der Waals surface area contributed by atoms with E-state index in [2.05, 4.69) is 10.5 Å². The van der Waals surface area contributed by atoms with Crippen LogP contribution in [0.1, 0.15) is 29.5 Å². The van der Waals surface area contributed by atoms with Crippen LogP contribution in [0.2, 0.25) is 0 Å². The Hall–Kier alpha value is -2.63. The van der Waals surface area contributed by atoms with E-state index >= 15 is 0 Å². The third kappa shape index (κ3) is 4.42. The smallest absolute Gasteiger partial charge is 0.306 e. The SMILES string of the molecule is Cc1noc(C)c1CC(=O)Nc1ccc(CC(C)C(=O)O)cc1. The summed E-state index contributed by atoms with van der Waals surface area (Å²) in [6, 6.07) is 7.19. The van der Waals surface area contributed by atoms with Gasteiger partial charge in [0.05, 0.1) is 18.0 Å². The van der Waals surface area contributed by atoms with Gasteiger partial charge in [-0.3, -0.25) is 9.59 Å². The number of rotatable bonds is 6. The average molecular weight is 316 g/mol. The summed E-state index contributed by atoms with van der Waals surface area (Å²) in [5, 5.41) is 15.6. The zero-order valence-electron chi connectivity index (χ0n) is 13.4. The number of carboxylic acids is 1. The maximum absolute atomic E-state index is 12.1. The van der Waals surface area contributed by atoms with Gasteiger partial charge in [0.2, 0.25) is 5.91 Å². The summed E-state index contributed by atoms with van der Waals surface area (Å²) in [6.45, 7) is 5.25. The fourth-order valence-corrected chi connectivity index (χ4v) is 2.29. The highest BCUT2D eigenvalue weighted by molar-refractivity contribution is 5.92. The summed E-state index contributed by atoms with van der Waals surface area (Å²) in [5.74, 6) is -0.751. The number of nitrogens with zero attached hydrogens (tertiary/aromatic N) is 1. The molecule has 0 fully saturated rings. The minimum Gasteiger partial charge on any atom is -0.481 e. The molecule has 1 unspecified atom stereocenters. The zero-order valence-corrected chi connectivity index (χ0v) is 13.4. The predicted octanol–water partition coefficient (Wildman–Crippen LogP) is 2.74. The van der Waals surface area contributed by atoms with Crippen molar-refractivity contribution >= 4 is 17.6 Å². The van der Waals surface area contributed by atoms with Crippen molar-refractivity contribution in [1.82, 2.24) is 5.16 Å². The molecule has 122 valence electrons. The second-order valence-electron chi connectivity index (χ2n) is 5.67. The molecule has 0 bridgehead atoms. The minimum absolute atomic E-state index is 0.147. The van der Waals surface area contributed by atoms with Gasteiger partial charge in [-0.25, -0.2) is 0 Å². The van der Waals surface area contributed by atoms with Crippen LogP contribution in [0.5, 0.6) is 0 Å². The van der Waals surface area contributed by atoms with E-state index in [1.807, 2.05) is 12.1 Å². The number of aromatic nitrogens is 1. The van der Waals surface area contributed by atoms with Gasteiger partial charge in [0.1, 0.15) is 5.76 Å². The molecule has 0 aliphatic rings. The first-order valence-corrected chi connectivity index (χ1v) is 7.40. The summed E-state index contributed by atoms with van der Waals surface area (Å²) < 4.78 is 5.04. The van der Waals surface area contributed by atoms with Gasteiger partial charge in [-0.15, -0.1) is 0 Å². The second kappa shape index (κ2) is 7.09. The zero-order chi connectivity index (χ0) is 17.0. The fourth-order valence-electron chi connectivity index (χ4n) is 2.29.